The van der Waals surface area contributed by atoms with Crippen LogP contribution in [0.2, 0.25) is 0 Å². The Kier molecular flexibility index (Phi) is 5.98. The van der Waals surface area contributed by atoms with Crippen LogP contribution in [0.3, 0.4) is 0 Å². The van der Waals surface area contributed by atoms with Crippen molar-refractivity contribution in [1.82, 2.24) is 4.90 Å². The lowest BCUT2D eigenvalue weighted by molar-refractivity contribution is 0.220. The van der Waals surface area contributed by atoms with Crippen LogP contribution in [0.4, 0.5) is 4.39 Å². The third-order valence-electron chi connectivity index (χ3n) is 3.34. The van der Waals surface area contributed by atoms with E-state index in [9.17, 15) is 4.39 Å². The second kappa shape index (κ2) is 7.03. The minimum atomic E-state index is -1.77. The molecule has 0 aromatic heterocycles. The van der Waals surface area contributed by atoms with Gasteiger partial charge < -0.3 is 10.0 Å². The average Bonchev–Trinajstić information content (AvgIpc) is 2.30. The molecule has 3 nitrogen and oxygen atoms in total. The summed E-state index contributed by atoms with van der Waals surface area (Å²) >= 11 is 0. The molecule has 0 aliphatic carbocycles. The summed E-state index contributed by atoms with van der Waals surface area (Å²) in [5.41, 5.74) is 0.810. The number of halogens is 1. The van der Waals surface area contributed by atoms with Crippen LogP contribution in [0.25, 0.3) is 0 Å². The van der Waals surface area contributed by atoms with Gasteiger partial charge in [-0.05, 0) is 37.9 Å². The molecule has 1 aromatic carbocycles. The minimum absolute atomic E-state index is 0.0672. The summed E-state index contributed by atoms with van der Waals surface area (Å²) in [4.78, 5) is 2.18. The molecule has 1 aromatic rings. The largest absolute Gasteiger partial charge is 0.491 e. The number of benzene rings is 1. The SMILES string of the molecule is CC(C)CC(C)N(C)Cc1ccc(F)c(B(O)O)c1. The monoisotopic (exact) mass is 267 g/mol. The highest BCUT2D eigenvalue weighted by Gasteiger charge is 2.18. The predicted molar refractivity (Wildman–Crippen MR) is 76.6 cm³/mol. The molecule has 106 valence electrons. The molecule has 0 fully saturated rings. The van der Waals surface area contributed by atoms with E-state index >= 15 is 0 Å². The van der Waals surface area contributed by atoms with Gasteiger partial charge in [-0.25, -0.2) is 4.39 Å². The molecule has 0 heterocycles. The first-order valence-electron chi connectivity index (χ1n) is 6.66. The van der Waals surface area contributed by atoms with E-state index in [1.807, 2.05) is 7.05 Å². The van der Waals surface area contributed by atoms with E-state index in [4.69, 9.17) is 10.0 Å². The maximum Gasteiger partial charge on any atom is 0.491 e. The Morgan fingerprint density at radius 3 is 2.42 bits per heavy atom. The third-order valence-corrected chi connectivity index (χ3v) is 3.34. The summed E-state index contributed by atoms with van der Waals surface area (Å²) in [5, 5.41) is 18.2. The average molecular weight is 267 g/mol. The normalized spacial score (nSPS) is 13.1. The highest BCUT2D eigenvalue weighted by atomic mass is 19.1. The zero-order valence-corrected chi connectivity index (χ0v) is 12.1. The van der Waals surface area contributed by atoms with Crippen molar-refractivity contribution in [2.75, 3.05) is 7.05 Å². The molecule has 2 N–H and O–H groups in total. The van der Waals surface area contributed by atoms with E-state index in [2.05, 4.69) is 25.7 Å². The molecule has 0 spiro atoms. The van der Waals surface area contributed by atoms with Gasteiger partial charge >= 0.3 is 7.12 Å². The molecule has 0 radical (unpaired) electrons. The van der Waals surface area contributed by atoms with Gasteiger partial charge in [-0.3, -0.25) is 4.90 Å². The first kappa shape index (κ1) is 16.2. The van der Waals surface area contributed by atoms with Crippen LogP contribution in [0.15, 0.2) is 18.2 Å². The quantitative estimate of drug-likeness (QED) is 0.765. The maximum atomic E-state index is 13.4. The topological polar surface area (TPSA) is 43.7 Å². The van der Waals surface area contributed by atoms with Crippen LogP contribution in [0.5, 0.6) is 0 Å². The number of hydrogen-bond donors (Lipinski definition) is 2. The van der Waals surface area contributed by atoms with Crippen molar-refractivity contribution in [2.24, 2.45) is 5.92 Å². The summed E-state index contributed by atoms with van der Waals surface area (Å²) in [5.74, 6) is 0.0390. The Morgan fingerprint density at radius 1 is 1.26 bits per heavy atom. The van der Waals surface area contributed by atoms with E-state index in [0.29, 0.717) is 18.5 Å². The summed E-state index contributed by atoms with van der Waals surface area (Å²) in [7, 11) is 0.254. The van der Waals surface area contributed by atoms with Crippen LogP contribution in [-0.4, -0.2) is 35.2 Å². The summed E-state index contributed by atoms with van der Waals surface area (Å²) in [6.07, 6.45) is 1.09. The second-order valence-corrected chi connectivity index (χ2v) is 5.62. The lowest BCUT2D eigenvalue weighted by Gasteiger charge is -2.26. The Bertz CT molecular complexity index is 412. The van der Waals surface area contributed by atoms with Crippen LogP contribution < -0.4 is 5.46 Å². The van der Waals surface area contributed by atoms with Gasteiger partial charge in [0.15, 0.2) is 0 Å². The van der Waals surface area contributed by atoms with Gasteiger partial charge in [0.05, 0.1) is 0 Å². The van der Waals surface area contributed by atoms with Crippen molar-refractivity contribution >= 4 is 12.6 Å². The summed E-state index contributed by atoms with van der Waals surface area (Å²) in [6.45, 7) is 7.18. The molecule has 0 amide bonds. The molecule has 19 heavy (non-hydrogen) atoms. The molecule has 0 bridgehead atoms. The molecule has 0 aliphatic heterocycles. The van der Waals surface area contributed by atoms with E-state index in [0.717, 1.165) is 12.0 Å². The first-order valence-corrected chi connectivity index (χ1v) is 6.66. The van der Waals surface area contributed by atoms with Crippen molar-refractivity contribution in [3.63, 3.8) is 0 Å². The minimum Gasteiger partial charge on any atom is -0.423 e. The molecular weight excluding hydrogens is 244 g/mol. The van der Waals surface area contributed by atoms with Gasteiger partial charge in [0.2, 0.25) is 0 Å². The van der Waals surface area contributed by atoms with Gasteiger partial charge in [-0.1, -0.05) is 26.0 Å². The fourth-order valence-corrected chi connectivity index (χ4v) is 2.20. The van der Waals surface area contributed by atoms with Gasteiger partial charge in [-0.2, -0.15) is 0 Å². The van der Waals surface area contributed by atoms with Crippen molar-refractivity contribution < 1.29 is 14.4 Å². The highest BCUT2D eigenvalue weighted by Crippen LogP contribution is 2.13. The van der Waals surface area contributed by atoms with Crippen LogP contribution >= 0.6 is 0 Å². The molecule has 1 unspecified atom stereocenters. The van der Waals surface area contributed by atoms with Gasteiger partial charge in [-0.15, -0.1) is 0 Å². The maximum absolute atomic E-state index is 13.4. The van der Waals surface area contributed by atoms with Crippen molar-refractivity contribution in [2.45, 2.75) is 39.8 Å². The zero-order valence-electron chi connectivity index (χ0n) is 12.1. The van der Waals surface area contributed by atoms with Crippen LogP contribution in [0, 0.1) is 11.7 Å². The molecular formula is C14H23BFNO2. The van der Waals surface area contributed by atoms with E-state index in [-0.39, 0.29) is 5.46 Å². The smallest absolute Gasteiger partial charge is 0.423 e. The predicted octanol–water partition coefficient (Wildman–Crippen LogP) is 1.37. The van der Waals surface area contributed by atoms with Crippen molar-refractivity contribution in [1.29, 1.82) is 0 Å². The zero-order chi connectivity index (χ0) is 14.6. The fraction of sp³-hybridized carbons (Fsp3) is 0.571. The van der Waals surface area contributed by atoms with Gasteiger partial charge in [0.25, 0.3) is 0 Å². The van der Waals surface area contributed by atoms with Crippen molar-refractivity contribution in [3.8, 4) is 0 Å². The van der Waals surface area contributed by atoms with E-state index < -0.39 is 12.9 Å². The molecule has 0 saturated heterocycles. The van der Waals surface area contributed by atoms with E-state index in [1.54, 1.807) is 6.07 Å². The van der Waals surface area contributed by atoms with Crippen molar-refractivity contribution in [3.05, 3.63) is 29.6 Å². The number of nitrogens with zero attached hydrogens (tertiary/aromatic N) is 1. The Balaban J connectivity index is 2.74. The van der Waals surface area contributed by atoms with E-state index in [1.165, 1.54) is 12.1 Å². The molecule has 0 aliphatic rings. The third kappa shape index (κ3) is 4.93. The molecule has 5 heteroatoms. The Labute approximate surface area is 115 Å². The first-order chi connectivity index (χ1) is 8.81. The fourth-order valence-electron chi connectivity index (χ4n) is 2.20. The summed E-state index contributed by atoms with van der Waals surface area (Å²) in [6, 6.07) is 4.90. The Morgan fingerprint density at radius 2 is 1.89 bits per heavy atom. The second-order valence-electron chi connectivity index (χ2n) is 5.62. The molecule has 1 rings (SSSR count). The standard InChI is InChI=1S/C14H23BFNO2/c1-10(2)7-11(3)17(4)9-12-5-6-14(16)13(8-12)15(18)19/h5-6,8,10-11,18-19H,7,9H2,1-4H3. The lowest BCUT2D eigenvalue weighted by Crippen LogP contribution is -2.34. The van der Waals surface area contributed by atoms with Crippen LogP contribution in [0.1, 0.15) is 32.8 Å². The molecule has 0 saturated carbocycles. The highest BCUT2D eigenvalue weighted by molar-refractivity contribution is 6.58. The van der Waals surface area contributed by atoms with Gasteiger partial charge in [0, 0.05) is 18.0 Å². The Hall–Kier alpha value is -0.905. The lowest BCUT2D eigenvalue weighted by atomic mass is 9.79. The van der Waals surface area contributed by atoms with Gasteiger partial charge in [0.1, 0.15) is 5.82 Å². The summed E-state index contributed by atoms with van der Waals surface area (Å²) < 4.78 is 13.4. The van der Waals surface area contributed by atoms with Crippen LogP contribution in [-0.2, 0) is 6.54 Å². The number of hydrogen-bond acceptors (Lipinski definition) is 3. The molecule has 1 atom stereocenters. The number of rotatable bonds is 6.